The lowest BCUT2D eigenvalue weighted by molar-refractivity contribution is -0.146. The fourth-order valence-electron chi connectivity index (χ4n) is 1.11. The standard InChI is InChI=1S/C10H10F2O3/c11-9(12)7-3-1-6(2-4-7)5-8(13)10(14)15/h1-4,8-9,13H,5H2,(H,14,15). The summed E-state index contributed by atoms with van der Waals surface area (Å²) in [5.41, 5.74) is 0.387. The van der Waals surface area contributed by atoms with Crippen LogP contribution in [0.15, 0.2) is 24.3 Å². The van der Waals surface area contributed by atoms with Gasteiger partial charge in [-0.3, -0.25) is 0 Å². The summed E-state index contributed by atoms with van der Waals surface area (Å²) in [5, 5.41) is 17.4. The minimum atomic E-state index is -2.54. The predicted octanol–water partition coefficient (Wildman–Crippen LogP) is 1.61. The molecule has 1 aromatic carbocycles. The molecule has 0 aliphatic rings. The van der Waals surface area contributed by atoms with Crippen LogP contribution >= 0.6 is 0 Å². The molecule has 15 heavy (non-hydrogen) atoms. The lowest BCUT2D eigenvalue weighted by atomic mass is 10.1. The fraction of sp³-hybridized carbons (Fsp3) is 0.300. The van der Waals surface area contributed by atoms with E-state index in [-0.39, 0.29) is 12.0 Å². The lowest BCUT2D eigenvalue weighted by Crippen LogP contribution is -2.21. The van der Waals surface area contributed by atoms with Gasteiger partial charge in [0, 0.05) is 12.0 Å². The lowest BCUT2D eigenvalue weighted by Gasteiger charge is -2.06. The molecule has 0 aromatic heterocycles. The Hall–Kier alpha value is -1.49. The number of rotatable bonds is 4. The number of aliphatic hydroxyl groups excluding tert-OH is 1. The second-order valence-corrected chi connectivity index (χ2v) is 3.10. The van der Waals surface area contributed by atoms with Gasteiger partial charge in [-0.1, -0.05) is 24.3 Å². The molecule has 0 aliphatic carbocycles. The van der Waals surface area contributed by atoms with Gasteiger partial charge in [0.15, 0.2) is 6.10 Å². The third-order valence-electron chi connectivity index (χ3n) is 1.95. The molecule has 3 nitrogen and oxygen atoms in total. The Labute approximate surface area is 85.0 Å². The fourth-order valence-corrected chi connectivity index (χ4v) is 1.11. The van der Waals surface area contributed by atoms with E-state index >= 15 is 0 Å². The highest BCUT2D eigenvalue weighted by Gasteiger charge is 2.14. The van der Waals surface area contributed by atoms with Crippen molar-refractivity contribution in [1.29, 1.82) is 0 Å². The molecule has 0 saturated heterocycles. The zero-order valence-electron chi connectivity index (χ0n) is 7.73. The Morgan fingerprint density at radius 3 is 2.20 bits per heavy atom. The number of hydrogen-bond donors (Lipinski definition) is 2. The number of carboxylic acid groups (broad SMARTS) is 1. The summed E-state index contributed by atoms with van der Waals surface area (Å²) < 4.78 is 24.3. The van der Waals surface area contributed by atoms with Crippen LogP contribution in [-0.4, -0.2) is 22.3 Å². The van der Waals surface area contributed by atoms with Crippen molar-refractivity contribution in [2.75, 3.05) is 0 Å². The molecular formula is C10H10F2O3. The van der Waals surface area contributed by atoms with Crippen LogP contribution in [0.1, 0.15) is 17.6 Å². The third-order valence-corrected chi connectivity index (χ3v) is 1.95. The summed E-state index contributed by atoms with van der Waals surface area (Å²) >= 11 is 0. The Morgan fingerprint density at radius 1 is 1.27 bits per heavy atom. The van der Waals surface area contributed by atoms with Gasteiger partial charge in [-0.15, -0.1) is 0 Å². The largest absolute Gasteiger partial charge is 0.479 e. The molecule has 0 amide bonds. The van der Waals surface area contributed by atoms with E-state index in [1.807, 2.05) is 0 Å². The molecule has 0 spiro atoms. The molecule has 0 radical (unpaired) electrons. The van der Waals surface area contributed by atoms with E-state index in [0.29, 0.717) is 5.56 Å². The van der Waals surface area contributed by atoms with Crippen molar-refractivity contribution in [3.8, 4) is 0 Å². The van der Waals surface area contributed by atoms with Gasteiger partial charge in [0.25, 0.3) is 6.43 Å². The highest BCUT2D eigenvalue weighted by molar-refractivity contribution is 5.72. The van der Waals surface area contributed by atoms with Gasteiger partial charge in [-0.25, -0.2) is 13.6 Å². The van der Waals surface area contributed by atoms with E-state index < -0.39 is 18.5 Å². The summed E-state index contributed by atoms with van der Waals surface area (Å²) in [6, 6.07) is 5.20. The molecule has 0 heterocycles. The van der Waals surface area contributed by atoms with Crippen molar-refractivity contribution >= 4 is 5.97 Å². The normalized spacial score (nSPS) is 12.8. The molecule has 0 aliphatic heterocycles. The Morgan fingerprint density at radius 2 is 1.80 bits per heavy atom. The zero-order valence-corrected chi connectivity index (χ0v) is 7.73. The van der Waals surface area contributed by atoms with E-state index in [4.69, 9.17) is 10.2 Å². The van der Waals surface area contributed by atoms with Crippen LogP contribution < -0.4 is 0 Å². The van der Waals surface area contributed by atoms with Crippen LogP contribution in [0.25, 0.3) is 0 Å². The predicted molar refractivity (Wildman–Crippen MR) is 48.7 cm³/mol. The van der Waals surface area contributed by atoms with E-state index in [1.165, 1.54) is 24.3 Å². The summed E-state index contributed by atoms with van der Waals surface area (Å²) in [6.45, 7) is 0. The highest BCUT2D eigenvalue weighted by atomic mass is 19.3. The molecule has 1 aromatic rings. The highest BCUT2D eigenvalue weighted by Crippen LogP contribution is 2.19. The van der Waals surface area contributed by atoms with Crippen molar-refractivity contribution in [2.24, 2.45) is 0 Å². The minimum absolute atomic E-state index is 0.0845. The van der Waals surface area contributed by atoms with Gasteiger partial charge >= 0.3 is 5.97 Å². The molecule has 2 N–H and O–H groups in total. The molecule has 0 fully saturated rings. The van der Waals surface area contributed by atoms with Crippen LogP contribution in [0.2, 0.25) is 0 Å². The number of halogens is 2. The molecule has 5 heteroatoms. The molecule has 0 bridgehead atoms. The van der Waals surface area contributed by atoms with E-state index in [0.717, 1.165) is 0 Å². The summed E-state index contributed by atoms with van der Waals surface area (Å²) in [5.74, 6) is -1.33. The van der Waals surface area contributed by atoms with Gasteiger partial charge in [-0.05, 0) is 5.56 Å². The monoisotopic (exact) mass is 216 g/mol. The SMILES string of the molecule is O=C(O)C(O)Cc1ccc(C(F)F)cc1. The first-order chi connectivity index (χ1) is 7.00. The molecular weight excluding hydrogens is 206 g/mol. The number of aliphatic hydroxyl groups is 1. The smallest absolute Gasteiger partial charge is 0.332 e. The maximum absolute atomic E-state index is 12.1. The Kier molecular flexibility index (Phi) is 3.74. The third kappa shape index (κ3) is 3.28. The first-order valence-electron chi connectivity index (χ1n) is 4.28. The molecule has 0 saturated carbocycles. The Balaban J connectivity index is 2.68. The molecule has 1 atom stereocenters. The first-order valence-corrected chi connectivity index (χ1v) is 4.28. The average molecular weight is 216 g/mol. The van der Waals surface area contributed by atoms with E-state index in [2.05, 4.69) is 0 Å². The van der Waals surface area contributed by atoms with Gasteiger partial charge in [0.2, 0.25) is 0 Å². The van der Waals surface area contributed by atoms with Gasteiger partial charge in [0.05, 0.1) is 0 Å². The second kappa shape index (κ2) is 4.84. The molecule has 82 valence electrons. The van der Waals surface area contributed by atoms with Crippen molar-refractivity contribution in [1.82, 2.24) is 0 Å². The maximum Gasteiger partial charge on any atom is 0.332 e. The van der Waals surface area contributed by atoms with Crippen LogP contribution in [0.4, 0.5) is 8.78 Å². The quantitative estimate of drug-likeness (QED) is 0.803. The van der Waals surface area contributed by atoms with Crippen LogP contribution in [0, 0.1) is 0 Å². The molecule has 1 unspecified atom stereocenters. The number of benzene rings is 1. The van der Waals surface area contributed by atoms with Gasteiger partial charge in [-0.2, -0.15) is 0 Å². The topological polar surface area (TPSA) is 57.5 Å². The number of carboxylic acids is 1. The van der Waals surface area contributed by atoms with Crippen LogP contribution in [0.3, 0.4) is 0 Å². The number of aliphatic carboxylic acids is 1. The summed E-state index contributed by atoms with van der Waals surface area (Å²) in [7, 11) is 0. The van der Waals surface area contributed by atoms with Crippen LogP contribution in [0.5, 0.6) is 0 Å². The number of carbonyl (C=O) groups is 1. The van der Waals surface area contributed by atoms with E-state index in [9.17, 15) is 13.6 Å². The van der Waals surface area contributed by atoms with Crippen molar-refractivity contribution in [2.45, 2.75) is 19.0 Å². The van der Waals surface area contributed by atoms with Crippen LogP contribution in [-0.2, 0) is 11.2 Å². The summed E-state index contributed by atoms with van der Waals surface area (Å²) in [6.07, 6.45) is -4.12. The zero-order chi connectivity index (χ0) is 11.4. The minimum Gasteiger partial charge on any atom is -0.479 e. The van der Waals surface area contributed by atoms with Crippen molar-refractivity contribution < 1.29 is 23.8 Å². The van der Waals surface area contributed by atoms with Gasteiger partial charge in [0.1, 0.15) is 0 Å². The van der Waals surface area contributed by atoms with E-state index in [1.54, 1.807) is 0 Å². The average Bonchev–Trinajstić information content (AvgIpc) is 2.18. The number of alkyl halides is 2. The molecule has 1 rings (SSSR count). The summed E-state index contributed by atoms with van der Waals surface area (Å²) in [4.78, 5) is 10.3. The van der Waals surface area contributed by atoms with Crippen molar-refractivity contribution in [3.63, 3.8) is 0 Å². The first kappa shape index (κ1) is 11.6. The number of hydrogen-bond acceptors (Lipinski definition) is 2. The maximum atomic E-state index is 12.1. The van der Waals surface area contributed by atoms with Gasteiger partial charge < -0.3 is 10.2 Å². The Bertz CT molecular complexity index is 335. The van der Waals surface area contributed by atoms with Crippen molar-refractivity contribution in [3.05, 3.63) is 35.4 Å². The second-order valence-electron chi connectivity index (χ2n) is 3.10.